The zero-order valence-corrected chi connectivity index (χ0v) is 13.7. The highest BCUT2D eigenvalue weighted by Crippen LogP contribution is 2.21. The van der Waals surface area contributed by atoms with Crippen LogP contribution >= 0.6 is 0 Å². The SMILES string of the molecule is CC[C@H](c1ccc(F)cc1)n1cc(C(=O)NCC[NH+](C)C)nn1. The first-order chi connectivity index (χ1) is 11.0. The van der Waals surface area contributed by atoms with E-state index in [1.807, 2.05) is 21.0 Å². The molecule has 2 N–H and O–H groups in total. The van der Waals surface area contributed by atoms with Crippen LogP contribution in [-0.4, -0.2) is 48.1 Å². The molecule has 0 bridgehead atoms. The van der Waals surface area contributed by atoms with Crippen molar-refractivity contribution in [3.05, 3.63) is 47.5 Å². The van der Waals surface area contributed by atoms with Gasteiger partial charge in [-0.2, -0.15) is 0 Å². The van der Waals surface area contributed by atoms with E-state index in [0.29, 0.717) is 12.2 Å². The van der Waals surface area contributed by atoms with Gasteiger partial charge in [0.2, 0.25) is 0 Å². The van der Waals surface area contributed by atoms with Crippen LogP contribution in [-0.2, 0) is 0 Å². The molecule has 0 spiro atoms. The Labute approximate surface area is 135 Å². The smallest absolute Gasteiger partial charge is 0.273 e. The molecule has 1 aromatic heterocycles. The third kappa shape index (κ3) is 4.59. The van der Waals surface area contributed by atoms with Gasteiger partial charge in [0.05, 0.1) is 39.4 Å². The fourth-order valence-corrected chi connectivity index (χ4v) is 2.31. The number of halogens is 1. The summed E-state index contributed by atoms with van der Waals surface area (Å²) in [7, 11) is 4.05. The van der Waals surface area contributed by atoms with Crippen molar-refractivity contribution < 1.29 is 14.1 Å². The monoisotopic (exact) mass is 320 g/mol. The van der Waals surface area contributed by atoms with Gasteiger partial charge in [0.15, 0.2) is 5.69 Å². The Morgan fingerprint density at radius 2 is 2.04 bits per heavy atom. The third-order valence-corrected chi connectivity index (χ3v) is 3.61. The van der Waals surface area contributed by atoms with Crippen LogP contribution in [0.4, 0.5) is 4.39 Å². The van der Waals surface area contributed by atoms with E-state index >= 15 is 0 Å². The molecule has 124 valence electrons. The molecular formula is C16H23FN5O+. The van der Waals surface area contributed by atoms with Crippen LogP contribution in [0.5, 0.6) is 0 Å². The molecule has 0 fully saturated rings. The minimum atomic E-state index is -0.273. The number of carbonyl (C=O) groups excluding carboxylic acids is 1. The van der Waals surface area contributed by atoms with Crippen LogP contribution in [0.15, 0.2) is 30.5 Å². The Balaban J connectivity index is 2.07. The zero-order valence-electron chi connectivity index (χ0n) is 13.7. The first kappa shape index (κ1) is 17.1. The van der Waals surface area contributed by atoms with Crippen LogP contribution in [0.25, 0.3) is 0 Å². The van der Waals surface area contributed by atoms with Gasteiger partial charge in [-0.1, -0.05) is 24.3 Å². The fourth-order valence-electron chi connectivity index (χ4n) is 2.31. The van der Waals surface area contributed by atoms with Crippen molar-refractivity contribution >= 4 is 5.91 Å². The zero-order chi connectivity index (χ0) is 16.8. The Morgan fingerprint density at radius 3 is 2.65 bits per heavy atom. The summed E-state index contributed by atoms with van der Waals surface area (Å²) in [5, 5.41) is 10.8. The molecule has 2 rings (SSSR count). The lowest BCUT2D eigenvalue weighted by Gasteiger charge is -2.15. The maximum Gasteiger partial charge on any atom is 0.273 e. The summed E-state index contributed by atoms with van der Waals surface area (Å²) in [6, 6.07) is 6.23. The number of hydrogen-bond donors (Lipinski definition) is 2. The molecule has 7 heteroatoms. The molecule has 0 saturated heterocycles. The minimum Gasteiger partial charge on any atom is -0.345 e. The third-order valence-electron chi connectivity index (χ3n) is 3.61. The second-order valence-electron chi connectivity index (χ2n) is 5.77. The number of likely N-dealkylation sites (N-methyl/N-ethyl adjacent to an activating group) is 1. The predicted octanol–water partition coefficient (Wildman–Crippen LogP) is 0.291. The summed E-state index contributed by atoms with van der Waals surface area (Å²) < 4.78 is 14.7. The average molecular weight is 320 g/mol. The molecule has 1 atom stereocenters. The van der Waals surface area contributed by atoms with E-state index in [1.54, 1.807) is 23.0 Å². The van der Waals surface area contributed by atoms with Crippen molar-refractivity contribution in [1.82, 2.24) is 20.3 Å². The van der Waals surface area contributed by atoms with Crippen molar-refractivity contribution in [3.63, 3.8) is 0 Å². The van der Waals surface area contributed by atoms with Crippen LogP contribution in [0, 0.1) is 5.82 Å². The maximum atomic E-state index is 13.1. The van der Waals surface area contributed by atoms with E-state index in [0.717, 1.165) is 18.5 Å². The van der Waals surface area contributed by atoms with Crippen molar-refractivity contribution in [1.29, 1.82) is 0 Å². The highest BCUT2D eigenvalue weighted by molar-refractivity contribution is 5.91. The molecule has 6 nitrogen and oxygen atoms in total. The maximum absolute atomic E-state index is 13.1. The first-order valence-corrected chi connectivity index (χ1v) is 7.75. The van der Waals surface area contributed by atoms with E-state index in [-0.39, 0.29) is 17.8 Å². The first-order valence-electron chi connectivity index (χ1n) is 7.75. The summed E-state index contributed by atoms with van der Waals surface area (Å²) in [6.45, 7) is 3.44. The van der Waals surface area contributed by atoms with Gasteiger partial charge in [0, 0.05) is 0 Å². The quantitative estimate of drug-likeness (QED) is 0.771. The lowest BCUT2D eigenvalue weighted by molar-refractivity contribution is -0.856. The average Bonchev–Trinajstić information content (AvgIpc) is 2.99. The second-order valence-corrected chi connectivity index (χ2v) is 5.77. The Morgan fingerprint density at radius 1 is 1.35 bits per heavy atom. The molecule has 1 amide bonds. The van der Waals surface area contributed by atoms with Gasteiger partial charge in [0.1, 0.15) is 5.82 Å². The number of nitrogens with one attached hydrogen (secondary N) is 2. The van der Waals surface area contributed by atoms with Crippen LogP contribution < -0.4 is 10.2 Å². The van der Waals surface area contributed by atoms with Crippen molar-refractivity contribution in [2.75, 3.05) is 27.2 Å². The van der Waals surface area contributed by atoms with Gasteiger partial charge >= 0.3 is 0 Å². The highest BCUT2D eigenvalue weighted by atomic mass is 19.1. The van der Waals surface area contributed by atoms with Gasteiger partial charge in [0.25, 0.3) is 5.91 Å². The summed E-state index contributed by atoms with van der Waals surface area (Å²) in [5.74, 6) is -0.503. The lowest BCUT2D eigenvalue weighted by Crippen LogP contribution is -3.06. The van der Waals surface area contributed by atoms with Gasteiger partial charge in [-0.25, -0.2) is 9.07 Å². The molecule has 0 aliphatic rings. The standard InChI is InChI=1S/C16H22FN5O/c1-4-15(12-5-7-13(17)8-6-12)22-11-14(19-20-22)16(23)18-9-10-21(2)3/h5-8,11,15H,4,9-10H2,1-3H3,(H,18,23)/p+1/t15-/m1/s1. The Hall–Kier alpha value is -2.28. The number of amides is 1. The van der Waals surface area contributed by atoms with Crippen LogP contribution in [0.1, 0.15) is 35.4 Å². The number of benzene rings is 1. The number of carbonyl (C=O) groups is 1. The van der Waals surface area contributed by atoms with Crippen molar-refractivity contribution in [2.45, 2.75) is 19.4 Å². The van der Waals surface area contributed by atoms with E-state index < -0.39 is 0 Å². The Bertz CT molecular complexity index is 638. The van der Waals surface area contributed by atoms with E-state index in [9.17, 15) is 9.18 Å². The Kier molecular flexibility index (Phi) is 5.81. The summed E-state index contributed by atoms with van der Waals surface area (Å²) in [5.41, 5.74) is 1.22. The molecular weight excluding hydrogens is 297 g/mol. The fraction of sp³-hybridized carbons (Fsp3) is 0.438. The number of quaternary nitrogens is 1. The summed E-state index contributed by atoms with van der Waals surface area (Å²) in [6.07, 6.45) is 2.40. The molecule has 2 aromatic rings. The molecule has 1 heterocycles. The predicted molar refractivity (Wildman–Crippen MR) is 84.9 cm³/mol. The highest BCUT2D eigenvalue weighted by Gasteiger charge is 2.17. The molecule has 0 unspecified atom stereocenters. The van der Waals surface area contributed by atoms with E-state index in [1.165, 1.54) is 17.0 Å². The number of nitrogens with zero attached hydrogens (tertiary/aromatic N) is 3. The molecule has 0 aliphatic heterocycles. The second kappa shape index (κ2) is 7.82. The van der Waals surface area contributed by atoms with Crippen LogP contribution in [0.3, 0.4) is 0 Å². The van der Waals surface area contributed by atoms with Crippen LogP contribution in [0.2, 0.25) is 0 Å². The van der Waals surface area contributed by atoms with Gasteiger partial charge in [-0.05, 0) is 24.1 Å². The van der Waals surface area contributed by atoms with E-state index in [4.69, 9.17) is 0 Å². The van der Waals surface area contributed by atoms with Crippen molar-refractivity contribution in [3.8, 4) is 0 Å². The lowest BCUT2D eigenvalue weighted by atomic mass is 10.0. The topological polar surface area (TPSA) is 64.2 Å². The molecule has 0 radical (unpaired) electrons. The molecule has 1 aromatic carbocycles. The normalized spacial score (nSPS) is 12.4. The minimum absolute atomic E-state index is 0.0733. The molecule has 23 heavy (non-hydrogen) atoms. The summed E-state index contributed by atoms with van der Waals surface area (Å²) in [4.78, 5) is 13.3. The van der Waals surface area contributed by atoms with Gasteiger partial charge < -0.3 is 10.2 Å². The molecule has 0 aliphatic carbocycles. The van der Waals surface area contributed by atoms with Gasteiger partial charge in [-0.15, -0.1) is 5.10 Å². The summed E-state index contributed by atoms with van der Waals surface area (Å²) >= 11 is 0. The van der Waals surface area contributed by atoms with Crippen molar-refractivity contribution in [2.24, 2.45) is 0 Å². The largest absolute Gasteiger partial charge is 0.345 e. The number of hydrogen-bond acceptors (Lipinski definition) is 3. The number of aromatic nitrogens is 3. The van der Waals surface area contributed by atoms with Gasteiger partial charge in [-0.3, -0.25) is 4.79 Å². The molecule has 0 saturated carbocycles. The number of rotatable bonds is 7. The van der Waals surface area contributed by atoms with E-state index in [2.05, 4.69) is 15.6 Å².